The number of rotatable bonds is 4. The number of fused-ring (bicyclic) bond motifs is 1. The van der Waals surface area contributed by atoms with Crippen LogP contribution in [0.1, 0.15) is 33.9 Å². The molecule has 1 saturated heterocycles. The lowest BCUT2D eigenvalue weighted by molar-refractivity contribution is -0.109. The molecular formula is C22H25N3O. The molecule has 0 aliphatic carbocycles. The first kappa shape index (κ1) is 17.0. The van der Waals surface area contributed by atoms with Crippen molar-refractivity contribution in [3.63, 3.8) is 0 Å². The minimum absolute atomic E-state index is 0.287. The number of carbonyl (C=O) groups is 1. The molecular weight excluding hydrogens is 322 g/mol. The van der Waals surface area contributed by atoms with Crippen molar-refractivity contribution >= 4 is 18.1 Å². The molecule has 0 radical (unpaired) electrons. The van der Waals surface area contributed by atoms with E-state index in [2.05, 4.69) is 58.9 Å². The van der Waals surface area contributed by atoms with E-state index in [1.54, 1.807) is 0 Å². The van der Waals surface area contributed by atoms with Crippen LogP contribution >= 0.6 is 0 Å². The molecule has 1 fully saturated rings. The van der Waals surface area contributed by atoms with Crippen molar-refractivity contribution in [2.45, 2.75) is 19.5 Å². The zero-order valence-electron chi connectivity index (χ0n) is 15.2. The maximum atomic E-state index is 11.6. The Labute approximate surface area is 154 Å². The van der Waals surface area contributed by atoms with Gasteiger partial charge in [-0.3, -0.25) is 4.90 Å². The third kappa shape index (κ3) is 3.43. The highest BCUT2D eigenvalue weighted by atomic mass is 16.1. The van der Waals surface area contributed by atoms with Gasteiger partial charge in [0.25, 0.3) is 0 Å². The molecule has 4 heteroatoms. The fraction of sp³-hybridized carbons (Fsp3) is 0.318. The zero-order valence-corrected chi connectivity index (χ0v) is 15.2. The Morgan fingerprint density at radius 2 is 1.88 bits per heavy atom. The Kier molecular flexibility index (Phi) is 4.87. The Morgan fingerprint density at radius 1 is 1.12 bits per heavy atom. The van der Waals surface area contributed by atoms with E-state index in [0.717, 1.165) is 61.4 Å². The quantitative estimate of drug-likeness (QED) is 0.835. The highest BCUT2D eigenvalue weighted by Gasteiger charge is 2.21. The maximum absolute atomic E-state index is 11.6. The van der Waals surface area contributed by atoms with Gasteiger partial charge in [0.15, 0.2) is 0 Å². The van der Waals surface area contributed by atoms with Gasteiger partial charge in [-0.25, -0.2) is 0 Å². The minimum Gasteiger partial charge on any atom is -0.371 e. The fourth-order valence-electron chi connectivity index (χ4n) is 3.79. The van der Waals surface area contributed by atoms with Crippen molar-refractivity contribution in [3.8, 4) is 0 Å². The minimum atomic E-state index is -0.287. The van der Waals surface area contributed by atoms with Gasteiger partial charge in [0.1, 0.15) is 12.3 Å². The van der Waals surface area contributed by atoms with Crippen LogP contribution in [0.4, 0.5) is 0 Å². The summed E-state index contributed by atoms with van der Waals surface area (Å²) in [5, 5.41) is 6.77. The van der Waals surface area contributed by atoms with E-state index in [0.29, 0.717) is 0 Å². The van der Waals surface area contributed by atoms with Crippen molar-refractivity contribution in [3.05, 3.63) is 70.3 Å². The lowest BCUT2D eigenvalue weighted by Crippen LogP contribution is -2.42. The van der Waals surface area contributed by atoms with Gasteiger partial charge in [0.05, 0.1) is 0 Å². The molecule has 2 aliphatic rings. The highest BCUT2D eigenvalue weighted by molar-refractivity contribution is 5.88. The average molecular weight is 347 g/mol. The second-order valence-electron chi connectivity index (χ2n) is 7.12. The van der Waals surface area contributed by atoms with Crippen LogP contribution in [0.2, 0.25) is 0 Å². The first-order chi connectivity index (χ1) is 12.7. The van der Waals surface area contributed by atoms with Gasteiger partial charge in [0, 0.05) is 38.4 Å². The number of hydrogen-bond acceptors (Lipinski definition) is 4. The first-order valence-electron chi connectivity index (χ1n) is 9.30. The third-order valence-corrected chi connectivity index (χ3v) is 5.31. The average Bonchev–Trinajstić information content (AvgIpc) is 2.69. The molecule has 1 unspecified atom stereocenters. The summed E-state index contributed by atoms with van der Waals surface area (Å²) in [7, 11) is 0. The van der Waals surface area contributed by atoms with Crippen LogP contribution < -0.4 is 10.6 Å². The SMILES string of the molecule is Cc1cccc2c1C=C(c1ccc(CN3CCNCC3)cc1)NC2C=O. The van der Waals surface area contributed by atoms with Gasteiger partial charge < -0.3 is 15.4 Å². The van der Waals surface area contributed by atoms with Crippen LogP contribution in [0.15, 0.2) is 42.5 Å². The Hall–Kier alpha value is -2.43. The zero-order chi connectivity index (χ0) is 17.9. The van der Waals surface area contributed by atoms with Gasteiger partial charge in [-0.2, -0.15) is 0 Å². The van der Waals surface area contributed by atoms with E-state index >= 15 is 0 Å². The molecule has 0 amide bonds. The van der Waals surface area contributed by atoms with Crippen molar-refractivity contribution in [2.75, 3.05) is 26.2 Å². The van der Waals surface area contributed by atoms with E-state index in [9.17, 15) is 4.79 Å². The molecule has 0 spiro atoms. The van der Waals surface area contributed by atoms with Gasteiger partial charge in [-0.1, -0.05) is 42.5 Å². The third-order valence-electron chi connectivity index (χ3n) is 5.31. The number of aldehydes is 1. The summed E-state index contributed by atoms with van der Waals surface area (Å²) >= 11 is 0. The molecule has 2 N–H and O–H groups in total. The predicted octanol–water partition coefficient (Wildman–Crippen LogP) is 2.74. The maximum Gasteiger partial charge on any atom is 0.146 e. The molecule has 134 valence electrons. The van der Waals surface area contributed by atoms with E-state index in [1.807, 2.05) is 12.1 Å². The van der Waals surface area contributed by atoms with E-state index in [1.165, 1.54) is 11.1 Å². The van der Waals surface area contributed by atoms with Crippen molar-refractivity contribution in [2.24, 2.45) is 0 Å². The van der Waals surface area contributed by atoms with Gasteiger partial charge in [-0.15, -0.1) is 0 Å². The van der Waals surface area contributed by atoms with Crippen LogP contribution in [-0.2, 0) is 11.3 Å². The number of nitrogens with zero attached hydrogens (tertiary/aromatic N) is 1. The van der Waals surface area contributed by atoms with E-state index in [4.69, 9.17) is 0 Å². The Morgan fingerprint density at radius 3 is 2.62 bits per heavy atom. The largest absolute Gasteiger partial charge is 0.371 e. The number of benzene rings is 2. The number of hydrogen-bond donors (Lipinski definition) is 2. The van der Waals surface area contributed by atoms with Gasteiger partial charge >= 0.3 is 0 Å². The van der Waals surface area contributed by atoms with Crippen LogP contribution in [0.25, 0.3) is 11.8 Å². The number of carbonyl (C=O) groups excluding carboxylic acids is 1. The predicted molar refractivity (Wildman–Crippen MR) is 106 cm³/mol. The summed E-state index contributed by atoms with van der Waals surface area (Å²) < 4.78 is 0. The second kappa shape index (κ2) is 7.44. The monoisotopic (exact) mass is 347 g/mol. The van der Waals surface area contributed by atoms with Crippen LogP contribution in [0, 0.1) is 6.92 Å². The molecule has 2 aromatic rings. The van der Waals surface area contributed by atoms with Crippen LogP contribution in [0.3, 0.4) is 0 Å². The molecule has 0 saturated carbocycles. The molecule has 1 atom stereocenters. The molecule has 4 nitrogen and oxygen atoms in total. The Bertz CT molecular complexity index is 820. The van der Waals surface area contributed by atoms with Gasteiger partial charge in [0.2, 0.25) is 0 Å². The summed E-state index contributed by atoms with van der Waals surface area (Å²) in [5.41, 5.74) is 6.87. The molecule has 0 bridgehead atoms. The molecule has 2 heterocycles. The lowest BCUT2D eigenvalue weighted by Gasteiger charge is -2.27. The Balaban J connectivity index is 1.57. The smallest absolute Gasteiger partial charge is 0.146 e. The van der Waals surface area contributed by atoms with Crippen LogP contribution in [0.5, 0.6) is 0 Å². The summed E-state index contributed by atoms with van der Waals surface area (Å²) in [6, 6.07) is 14.5. The summed E-state index contributed by atoms with van der Waals surface area (Å²) in [5.74, 6) is 0. The number of piperazine rings is 1. The van der Waals surface area contributed by atoms with Crippen molar-refractivity contribution < 1.29 is 4.79 Å². The standard InChI is InChI=1S/C22H25N3O/c1-16-3-2-4-19-20(16)13-21(24-22(19)15-26)18-7-5-17(6-8-18)14-25-11-9-23-10-12-25/h2-8,13,15,22-24H,9-12,14H2,1H3. The number of aryl methyl sites for hydroxylation is 1. The van der Waals surface area contributed by atoms with E-state index < -0.39 is 0 Å². The van der Waals surface area contributed by atoms with E-state index in [-0.39, 0.29) is 6.04 Å². The molecule has 26 heavy (non-hydrogen) atoms. The van der Waals surface area contributed by atoms with Crippen molar-refractivity contribution in [1.29, 1.82) is 0 Å². The van der Waals surface area contributed by atoms with Crippen molar-refractivity contribution in [1.82, 2.24) is 15.5 Å². The molecule has 4 rings (SSSR count). The summed E-state index contributed by atoms with van der Waals surface area (Å²) in [4.78, 5) is 14.1. The second-order valence-corrected chi connectivity index (χ2v) is 7.12. The summed E-state index contributed by atoms with van der Waals surface area (Å²) in [6.07, 6.45) is 3.15. The van der Waals surface area contributed by atoms with Gasteiger partial charge in [-0.05, 0) is 40.8 Å². The summed E-state index contributed by atoms with van der Waals surface area (Å²) in [6.45, 7) is 7.43. The fourth-order valence-corrected chi connectivity index (χ4v) is 3.79. The number of nitrogens with one attached hydrogen (secondary N) is 2. The normalized spacial score (nSPS) is 20.0. The van der Waals surface area contributed by atoms with Crippen LogP contribution in [-0.4, -0.2) is 37.4 Å². The first-order valence-corrected chi connectivity index (χ1v) is 9.30. The molecule has 0 aromatic heterocycles. The highest BCUT2D eigenvalue weighted by Crippen LogP contribution is 2.31. The molecule has 2 aliphatic heterocycles. The molecule has 2 aromatic carbocycles. The lowest BCUT2D eigenvalue weighted by atomic mass is 9.91. The topological polar surface area (TPSA) is 44.4 Å².